The Kier molecular flexibility index (Phi) is 11.4. The molecule has 3 heteroatoms. The van der Waals surface area contributed by atoms with Gasteiger partial charge in [-0.1, -0.05) is 125 Å². The summed E-state index contributed by atoms with van der Waals surface area (Å²) in [6.07, 6.45) is 15.4. The maximum atomic E-state index is 11.9. The van der Waals surface area contributed by atoms with Gasteiger partial charge in [-0.2, -0.15) is 0 Å². The zero-order valence-electron chi connectivity index (χ0n) is 29.9. The van der Waals surface area contributed by atoms with Gasteiger partial charge < -0.3 is 9.47 Å². The minimum atomic E-state index is -0.392. The minimum Gasteiger partial charge on any atom is -0.497 e. The zero-order chi connectivity index (χ0) is 34.2. The highest BCUT2D eigenvalue weighted by molar-refractivity contribution is 5.88. The van der Waals surface area contributed by atoms with Gasteiger partial charge in [0.1, 0.15) is 11.5 Å². The van der Waals surface area contributed by atoms with Crippen molar-refractivity contribution < 1.29 is 14.3 Å². The van der Waals surface area contributed by atoms with Gasteiger partial charge in [0.05, 0.1) is 7.11 Å². The molecule has 0 aromatic heterocycles. The molecule has 0 heterocycles. The van der Waals surface area contributed by atoms with Gasteiger partial charge in [0, 0.05) is 11.0 Å². The largest absolute Gasteiger partial charge is 0.497 e. The standard InChI is InChI=1S/C46H54O3/c1-33(2)45(47)49-44-25-17-40(18-26-44)32-38-13-21-42(22-14-38)46(29-27-36(28-30-46)10-9-35-7-5-34(3)6-8-35)41-19-11-37(12-20-41)31-39-15-23-43(48-4)24-16-39/h11-26,34-36H,1,5-10,27-32H2,2-4H3. The van der Waals surface area contributed by atoms with Crippen LogP contribution in [0.15, 0.2) is 109 Å². The number of benzene rings is 4. The maximum absolute atomic E-state index is 11.9. The first-order chi connectivity index (χ1) is 23.8. The molecule has 0 spiro atoms. The van der Waals surface area contributed by atoms with Crippen LogP contribution < -0.4 is 9.47 Å². The van der Waals surface area contributed by atoms with Crippen LogP contribution in [-0.4, -0.2) is 13.1 Å². The third kappa shape index (κ3) is 8.93. The van der Waals surface area contributed by atoms with Gasteiger partial charge in [-0.3, -0.25) is 0 Å². The third-order valence-corrected chi connectivity index (χ3v) is 11.5. The van der Waals surface area contributed by atoms with Crippen LogP contribution in [0.1, 0.15) is 111 Å². The van der Waals surface area contributed by atoms with Crippen molar-refractivity contribution in [1.82, 2.24) is 0 Å². The molecule has 0 N–H and O–H groups in total. The molecule has 0 radical (unpaired) electrons. The van der Waals surface area contributed by atoms with Gasteiger partial charge in [0.15, 0.2) is 0 Å². The summed E-state index contributed by atoms with van der Waals surface area (Å²) in [6, 6.07) is 35.2. The Bertz CT molecular complexity index is 1650. The number of ether oxygens (including phenoxy) is 2. The topological polar surface area (TPSA) is 35.5 Å². The van der Waals surface area contributed by atoms with Crippen LogP contribution in [0.2, 0.25) is 0 Å². The molecule has 2 aliphatic carbocycles. The van der Waals surface area contributed by atoms with Gasteiger partial charge in [-0.15, -0.1) is 0 Å². The summed E-state index contributed by atoms with van der Waals surface area (Å²) >= 11 is 0. The Labute approximate surface area is 294 Å². The predicted octanol–water partition coefficient (Wildman–Crippen LogP) is 11.4. The molecule has 49 heavy (non-hydrogen) atoms. The lowest BCUT2D eigenvalue weighted by atomic mass is 9.62. The Morgan fingerprint density at radius 1 is 0.633 bits per heavy atom. The van der Waals surface area contributed by atoms with E-state index in [-0.39, 0.29) is 5.41 Å². The van der Waals surface area contributed by atoms with E-state index in [1.54, 1.807) is 14.0 Å². The van der Waals surface area contributed by atoms with E-state index >= 15 is 0 Å². The van der Waals surface area contributed by atoms with E-state index in [0.29, 0.717) is 11.3 Å². The molecule has 256 valence electrons. The number of esters is 1. The molecule has 2 aliphatic rings. The molecule has 0 atom stereocenters. The van der Waals surface area contributed by atoms with Crippen molar-refractivity contribution in [3.8, 4) is 11.5 Å². The fourth-order valence-corrected chi connectivity index (χ4v) is 8.26. The van der Waals surface area contributed by atoms with E-state index in [1.807, 2.05) is 36.4 Å². The molecule has 0 unspecified atom stereocenters. The molecule has 0 amide bonds. The summed E-state index contributed by atoms with van der Waals surface area (Å²) in [7, 11) is 1.72. The van der Waals surface area contributed by atoms with Crippen molar-refractivity contribution in [2.45, 2.75) is 96.3 Å². The summed E-state index contributed by atoms with van der Waals surface area (Å²) in [6.45, 7) is 7.76. The van der Waals surface area contributed by atoms with Crippen molar-refractivity contribution in [2.24, 2.45) is 17.8 Å². The first-order valence-electron chi connectivity index (χ1n) is 18.6. The lowest BCUT2D eigenvalue weighted by molar-refractivity contribution is -0.130. The van der Waals surface area contributed by atoms with E-state index < -0.39 is 5.97 Å². The first-order valence-corrected chi connectivity index (χ1v) is 18.6. The molecular formula is C46H54O3. The first kappa shape index (κ1) is 34.7. The molecule has 4 aromatic rings. The van der Waals surface area contributed by atoms with Gasteiger partial charge in [0.25, 0.3) is 0 Å². The highest BCUT2D eigenvalue weighted by atomic mass is 16.5. The molecule has 0 aliphatic heterocycles. The summed E-state index contributed by atoms with van der Waals surface area (Å²) in [5, 5.41) is 0. The highest BCUT2D eigenvalue weighted by Crippen LogP contribution is 2.48. The molecule has 4 aromatic carbocycles. The Balaban J connectivity index is 1.16. The van der Waals surface area contributed by atoms with E-state index in [0.717, 1.165) is 36.3 Å². The zero-order valence-corrected chi connectivity index (χ0v) is 29.9. The minimum absolute atomic E-state index is 0.0444. The monoisotopic (exact) mass is 654 g/mol. The SMILES string of the molecule is C=C(C)C(=O)Oc1ccc(Cc2ccc(C3(c4ccc(Cc5ccc(OC)cc5)cc4)CCC(CCC4CCC(C)CC4)CC3)cc2)cc1. The summed E-state index contributed by atoms with van der Waals surface area (Å²) in [5.74, 6) is 3.79. The fraction of sp³-hybridized carbons (Fsp3) is 0.413. The van der Waals surface area contributed by atoms with Crippen molar-refractivity contribution >= 4 is 5.97 Å². The normalized spacial score (nSPS) is 22.3. The van der Waals surface area contributed by atoms with Gasteiger partial charge in [-0.25, -0.2) is 4.79 Å². The van der Waals surface area contributed by atoms with Crippen LogP contribution in [0.3, 0.4) is 0 Å². The second-order valence-electron chi connectivity index (χ2n) is 15.1. The number of carbonyl (C=O) groups is 1. The second kappa shape index (κ2) is 16.1. The Morgan fingerprint density at radius 2 is 1.04 bits per heavy atom. The molecule has 0 saturated heterocycles. The van der Waals surface area contributed by atoms with Crippen LogP contribution in [0.4, 0.5) is 0 Å². The van der Waals surface area contributed by atoms with Gasteiger partial charge >= 0.3 is 5.97 Å². The van der Waals surface area contributed by atoms with E-state index in [2.05, 4.69) is 74.2 Å². The molecule has 3 nitrogen and oxygen atoms in total. The molecule has 2 fully saturated rings. The Hall–Kier alpha value is -4.11. The number of rotatable bonds is 12. The summed E-state index contributed by atoms with van der Waals surface area (Å²) < 4.78 is 10.7. The highest BCUT2D eigenvalue weighted by Gasteiger charge is 2.38. The van der Waals surface area contributed by atoms with Crippen LogP contribution >= 0.6 is 0 Å². The van der Waals surface area contributed by atoms with Crippen LogP contribution in [-0.2, 0) is 23.1 Å². The fourth-order valence-electron chi connectivity index (χ4n) is 8.26. The molecular weight excluding hydrogens is 601 g/mol. The second-order valence-corrected chi connectivity index (χ2v) is 15.1. The lowest BCUT2D eigenvalue weighted by Gasteiger charge is -2.42. The van der Waals surface area contributed by atoms with Crippen molar-refractivity contribution in [2.75, 3.05) is 7.11 Å². The lowest BCUT2D eigenvalue weighted by Crippen LogP contribution is -2.33. The van der Waals surface area contributed by atoms with Crippen LogP contribution in [0.25, 0.3) is 0 Å². The summed E-state index contributed by atoms with van der Waals surface area (Å²) in [5.41, 5.74) is 8.47. The van der Waals surface area contributed by atoms with Crippen molar-refractivity contribution in [3.63, 3.8) is 0 Å². The number of hydrogen-bond donors (Lipinski definition) is 0. The molecule has 6 rings (SSSR count). The van der Waals surface area contributed by atoms with E-state index in [4.69, 9.17) is 9.47 Å². The number of hydrogen-bond acceptors (Lipinski definition) is 3. The van der Waals surface area contributed by atoms with E-state index in [9.17, 15) is 4.79 Å². The van der Waals surface area contributed by atoms with Crippen molar-refractivity contribution in [1.29, 1.82) is 0 Å². The van der Waals surface area contributed by atoms with Gasteiger partial charge in [-0.05, 0) is 121 Å². The number of carbonyl (C=O) groups excluding carboxylic acids is 1. The van der Waals surface area contributed by atoms with Crippen LogP contribution in [0, 0.1) is 17.8 Å². The van der Waals surface area contributed by atoms with E-state index in [1.165, 1.54) is 97.6 Å². The van der Waals surface area contributed by atoms with Gasteiger partial charge in [0.2, 0.25) is 0 Å². The van der Waals surface area contributed by atoms with Crippen LogP contribution in [0.5, 0.6) is 11.5 Å². The average Bonchev–Trinajstić information content (AvgIpc) is 3.13. The third-order valence-electron chi connectivity index (χ3n) is 11.5. The quantitative estimate of drug-likeness (QED) is 0.0866. The molecule has 2 saturated carbocycles. The average molecular weight is 655 g/mol. The van der Waals surface area contributed by atoms with Crippen molar-refractivity contribution in [3.05, 3.63) is 143 Å². The number of methoxy groups -OCH3 is 1. The Morgan fingerprint density at radius 3 is 1.47 bits per heavy atom. The maximum Gasteiger partial charge on any atom is 0.338 e. The predicted molar refractivity (Wildman–Crippen MR) is 201 cm³/mol. The summed E-state index contributed by atoms with van der Waals surface area (Å²) in [4.78, 5) is 11.9. The molecule has 0 bridgehead atoms. The smallest absolute Gasteiger partial charge is 0.338 e.